The van der Waals surface area contributed by atoms with Crippen LogP contribution in [0.25, 0.3) is 0 Å². The maximum Gasteiger partial charge on any atom is 0.184 e. The first-order chi connectivity index (χ1) is 7.77. The van der Waals surface area contributed by atoms with Crippen LogP contribution in [0.5, 0.6) is 0 Å². The molecule has 0 radical (unpaired) electrons. The maximum atomic E-state index is 5.47. The van der Waals surface area contributed by atoms with E-state index in [4.69, 9.17) is 18.0 Å². The van der Waals surface area contributed by atoms with Gasteiger partial charge in [-0.2, -0.15) is 5.10 Å². The highest BCUT2D eigenvalue weighted by atomic mass is 32.1. The van der Waals surface area contributed by atoms with Crippen LogP contribution in [0.2, 0.25) is 0 Å². The predicted molar refractivity (Wildman–Crippen MR) is 64.5 cm³/mol. The molecule has 5 aliphatic carbocycles. The second kappa shape index (κ2) is 2.30. The maximum absolute atomic E-state index is 5.47. The predicted octanol–water partition coefficient (Wildman–Crippen LogP) is 0.953. The molecule has 2 bridgehead atoms. The Balaban J connectivity index is 1.60. The van der Waals surface area contributed by atoms with Crippen LogP contribution < -0.4 is 11.2 Å². The molecule has 84 valence electrons. The minimum absolute atomic E-state index is 0.311. The fourth-order valence-electron chi connectivity index (χ4n) is 6.40. The number of nitrogens with zero attached hydrogens (tertiary/aromatic N) is 1. The van der Waals surface area contributed by atoms with E-state index in [0.29, 0.717) is 5.11 Å². The molecule has 0 amide bonds. The van der Waals surface area contributed by atoms with Crippen molar-refractivity contribution in [3.63, 3.8) is 0 Å². The molecule has 4 heteroatoms. The van der Waals surface area contributed by atoms with Crippen LogP contribution in [0.3, 0.4) is 0 Å². The zero-order chi connectivity index (χ0) is 10.6. The van der Waals surface area contributed by atoms with Crippen molar-refractivity contribution < 1.29 is 0 Å². The largest absolute Gasteiger partial charge is 0.375 e. The molecule has 5 fully saturated rings. The second-order valence-electron chi connectivity index (χ2n) is 6.35. The molecule has 5 saturated carbocycles. The smallest absolute Gasteiger partial charge is 0.184 e. The fourth-order valence-corrected chi connectivity index (χ4v) is 6.45. The molecule has 0 saturated heterocycles. The molecule has 0 aliphatic heterocycles. The number of hydrogen-bond donors (Lipinski definition) is 2. The Bertz CT molecular complexity index is 440. The van der Waals surface area contributed by atoms with Gasteiger partial charge in [0.1, 0.15) is 0 Å². The summed E-state index contributed by atoms with van der Waals surface area (Å²) in [6, 6.07) is 0. The number of fused-ring (bicyclic) bond motifs is 2. The van der Waals surface area contributed by atoms with E-state index >= 15 is 0 Å². The normalized spacial score (nSPS) is 64.4. The van der Waals surface area contributed by atoms with Crippen molar-refractivity contribution >= 4 is 23.0 Å². The minimum Gasteiger partial charge on any atom is -0.375 e. The van der Waals surface area contributed by atoms with Crippen LogP contribution in [0.15, 0.2) is 5.10 Å². The van der Waals surface area contributed by atoms with Gasteiger partial charge in [-0.05, 0) is 60.6 Å². The quantitative estimate of drug-likeness (QED) is 0.524. The lowest BCUT2D eigenvalue weighted by Crippen LogP contribution is -2.44. The third-order valence-electron chi connectivity index (χ3n) is 6.34. The molecule has 8 atom stereocenters. The summed E-state index contributed by atoms with van der Waals surface area (Å²) in [5.41, 5.74) is 9.75. The molecule has 16 heavy (non-hydrogen) atoms. The summed E-state index contributed by atoms with van der Waals surface area (Å²) in [6.07, 6.45) is 3.01. The van der Waals surface area contributed by atoms with Crippen molar-refractivity contribution in [3.05, 3.63) is 0 Å². The highest BCUT2D eigenvalue weighted by molar-refractivity contribution is 7.80. The zero-order valence-corrected chi connectivity index (χ0v) is 9.78. The summed E-state index contributed by atoms with van der Waals surface area (Å²) >= 11 is 4.84. The molecule has 3 nitrogen and oxygen atoms in total. The number of nitrogens with one attached hydrogen (secondary N) is 1. The summed E-state index contributed by atoms with van der Waals surface area (Å²) in [5.74, 6) is 7.72. The SMILES string of the molecule is NC(=S)N/N=C1\C2C3CC4C1C1C2CC3C41. The summed E-state index contributed by atoms with van der Waals surface area (Å²) in [6.45, 7) is 0. The molecule has 5 aliphatic rings. The van der Waals surface area contributed by atoms with E-state index in [9.17, 15) is 0 Å². The Morgan fingerprint density at radius 2 is 1.88 bits per heavy atom. The van der Waals surface area contributed by atoms with E-state index < -0.39 is 0 Å². The molecule has 0 spiro atoms. The lowest BCUT2D eigenvalue weighted by atomic mass is 9.59. The third-order valence-corrected chi connectivity index (χ3v) is 6.43. The van der Waals surface area contributed by atoms with Crippen molar-refractivity contribution in [3.8, 4) is 0 Å². The third kappa shape index (κ3) is 0.643. The lowest BCUT2D eigenvalue weighted by molar-refractivity contribution is 0.0503. The van der Waals surface area contributed by atoms with Gasteiger partial charge in [0.05, 0.1) is 0 Å². The van der Waals surface area contributed by atoms with Gasteiger partial charge in [-0.15, -0.1) is 0 Å². The Kier molecular flexibility index (Phi) is 1.22. The van der Waals surface area contributed by atoms with E-state index in [2.05, 4.69) is 10.5 Å². The van der Waals surface area contributed by atoms with Gasteiger partial charge in [0, 0.05) is 17.5 Å². The Morgan fingerprint density at radius 1 is 1.12 bits per heavy atom. The number of rotatable bonds is 1. The van der Waals surface area contributed by atoms with Crippen LogP contribution in [0.1, 0.15) is 12.8 Å². The van der Waals surface area contributed by atoms with Gasteiger partial charge in [0.2, 0.25) is 0 Å². The molecule has 0 aromatic heterocycles. The highest BCUT2D eigenvalue weighted by Gasteiger charge is 2.79. The summed E-state index contributed by atoms with van der Waals surface area (Å²) in [5, 5.41) is 4.85. The average molecular weight is 233 g/mol. The van der Waals surface area contributed by atoms with E-state index in [0.717, 1.165) is 47.3 Å². The van der Waals surface area contributed by atoms with Crippen molar-refractivity contribution in [2.45, 2.75) is 12.8 Å². The van der Waals surface area contributed by atoms with E-state index in [1.807, 2.05) is 0 Å². The van der Waals surface area contributed by atoms with Crippen LogP contribution >= 0.6 is 12.2 Å². The van der Waals surface area contributed by atoms with Crippen molar-refractivity contribution in [1.29, 1.82) is 0 Å². The first kappa shape index (κ1) is 8.45. The second-order valence-corrected chi connectivity index (χ2v) is 6.79. The molecule has 5 rings (SSSR count). The van der Waals surface area contributed by atoms with Crippen molar-refractivity contribution in [2.75, 3.05) is 0 Å². The Hall–Kier alpha value is -0.640. The fraction of sp³-hybridized carbons (Fsp3) is 0.833. The van der Waals surface area contributed by atoms with E-state index in [1.165, 1.54) is 18.6 Å². The van der Waals surface area contributed by atoms with Crippen LogP contribution in [0.4, 0.5) is 0 Å². The van der Waals surface area contributed by atoms with Gasteiger partial charge >= 0.3 is 0 Å². The van der Waals surface area contributed by atoms with Crippen LogP contribution in [-0.2, 0) is 0 Å². The molecule has 8 unspecified atom stereocenters. The molecule has 0 heterocycles. The molecule has 0 aromatic carbocycles. The minimum atomic E-state index is 0.311. The van der Waals surface area contributed by atoms with Crippen LogP contribution in [0, 0.1) is 47.3 Å². The van der Waals surface area contributed by atoms with Gasteiger partial charge in [-0.25, -0.2) is 0 Å². The molecular weight excluding hydrogens is 218 g/mol. The number of hydrogen-bond acceptors (Lipinski definition) is 2. The van der Waals surface area contributed by atoms with Crippen molar-refractivity contribution in [2.24, 2.45) is 58.2 Å². The standard InChI is InChI=1S/C12H15N3S/c13-12(16)15-14-11-8-4-2-5-7-3(4)1-6(8)9(7)10(5)11/h3-10H,1-2H2,(H3,13,15,16)/b14-11+. The van der Waals surface area contributed by atoms with Crippen molar-refractivity contribution in [1.82, 2.24) is 5.43 Å². The summed E-state index contributed by atoms with van der Waals surface area (Å²) in [4.78, 5) is 0. The van der Waals surface area contributed by atoms with Gasteiger partial charge < -0.3 is 5.73 Å². The van der Waals surface area contributed by atoms with E-state index in [-0.39, 0.29) is 0 Å². The lowest BCUT2D eigenvalue weighted by Gasteiger charge is -2.44. The number of nitrogens with two attached hydrogens (primary N) is 1. The Morgan fingerprint density at radius 3 is 2.69 bits per heavy atom. The number of thiocarbonyl (C=S) groups is 1. The zero-order valence-electron chi connectivity index (χ0n) is 8.97. The summed E-state index contributed by atoms with van der Waals surface area (Å²) in [7, 11) is 0. The number of hydrazone groups is 1. The molecular formula is C12H15N3S. The first-order valence-electron chi connectivity index (χ1n) is 6.40. The Labute approximate surface area is 99.8 Å². The van der Waals surface area contributed by atoms with Gasteiger partial charge in [-0.1, -0.05) is 0 Å². The topological polar surface area (TPSA) is 50.4 Å². The van der Waals surface area contributed by atoms with E-state index in [1.54, 1.807) is 0 Å². The first-order valence-corrected chi connectivity index (χ1v) is 6.81. The average Bonchev–Trinajstić information content (AvgIpc) is 2.72. The monoisotopic (exact) mass is 233 g/mol. The van der Waals surface area contributed by atoms with Crippen LogP contribution in [-0.4, -0.2) is 10.8 Å². The summed E-state index contributed by atoms with van der Waals surface area (Å²) < 4.78 is 0. The highest BCUT2D eigenvalue weighted by Crippen LogP contribution is 2.81. The van der Waals surface area contributed by atoms with Gasteiger partial charge in [0.15, 0.2) is 5.11 Å². The molecule has 0 aromatic rings. The van der Waals surface area contributed by atoms with Gasteiger partial charge in [-0.3, -0.25) is 5.43 Å². The molecule has 3 N–H and O–H groups in total. The van der Waals surface area contributed by atoms with Gasteiger partial charge in [0.25, 0.3) is 0 Å².